The molecule has 52 heavy (non-hydrogen) atoms. The smallest absolute Gasteiger partial charge is 0.409 e. The highest BCUT2D eigenvalue weighted by molar-refractivity contribution is 5.80. The molecule has 270 valence electrons. The summed E-state index contributed by atoms with van der Waals surface area (Å²) in [6.45, 7) is 6.10. The normalized spacial score (nSPS) is 18.4. The summed E-state index contributed by atoms with van der Waals surface area (Å²) < 4.78 is 11.9. The van der Waals surface area contributed by atoms with Crippen LogP contribution in [0.4, 0.5) is 9.59 Å². The summed E-state index contributed by atoms with van der Waals surface area (Å²) in [4.78, 5) is 30.1. The fraction of sp³-hybridized carbons (Fsp3) is 0.435. The molecule has 6 nitrogen and oxygen atoms in total. The van der Waals surface area contributed by atoms with E-state index in [0.717, 1.165) is 64.7 Å². The Hall–Kier alpha value is -4.58. The van der Waals surface area contributed by atoms with Crippen molar-refractivity contribution in [3.8, 4) is 22.3 Å². The molecule has 0 radical (unpaired) electrons. The van der Waals surface area contributed by atoms with E-state index >= 15 is 0 Å². The molecule has 0 spiro atoms. The van der Waals surface area contributed by atoms with E-state index in [1.165, 1.54) is 69.3 Å². The second-order valence-electron chi connectivity index (χ2n) is 15.5. The van der Waals surface area contributed by atoms with E-state index in [4.69, 9.17) is 9.47 Å². The quantitative estimate of drug-likeness (QED) is 0.166. The lowest BCUT2D eigenvalue weighted by Gasteiger charge is -2.33. The van der Waals surface area contributed by atoms with Crippen molar-refractivity contribution in [3.05, 3.63) is 119 Å². The van der Waals surface area contributed by atoms with E-state index in [9.17, 15) is 9.59 Å². The Labute approximate surface area is 309 Å². The van der Waals surface area contributed by atoms with E-state index in [0.29, 0.717) is 25.0 Å². The van der Waals surface area contributed by atoms with Gasteiger partial charge < -0.3 is 19.3 Å². The largest absolute Gasteiger partial charge is 0.448 e. The van der Waals surface area contributed by atoms with Crippen molar-refractivity contribution in [1.82, 2.24) is 9.80 Å². The SMILES string of the molecule is CCCc1ccc2c(c1)-c1ccccc1C2COC(=O)N1CCC(CCCC2CCN(C(=O)OCC3c4ccccc4-c4ccccc43)CC2)CC1. The van der Waals surface area contributed by atoms with Crippen LogP contribution in [0.15, 0.2) is 91.0 Å². The van der Waals surface area contributed by atoms with Crippen LogP contribution in [0, 0.1) is 11.8 Å². The van der Waals surface area contributed by atoms with E-state index < -0.39 is 0 Å². The fourth-order valence-electron chi connectivity index (χ4n) is 9.41. The average Bonchev–Trinajstić information content (AvgIpc) is 3.68. The Morgan fingerprint density at radius 3 is 1.46 bits per heavy atom. The number of benzene rings is 4. The summed E-state index contributed by atoms with van der Waals surface area (Å²) >= 11 is 0. The number of carbonyl (C=O) groups excluding carboxylic acids is 2. The number of aryl methyl sites for hydroxylation is 1. The van der Waals surface area contributed by atoms with E-state index in [2.05, 4.69) is 97.9 Å². The van der Waals surface area contributed by atoms with Crippen LogP contribution < -0.4 is 0 Å². The zero-order valence-electron chi connectivity index (χ0n) is 30.6. The van der Waals surface area contributed by atoms with Crippen molar-refractivity contribution < 1.29 is 19.1 Å². The van der Waals surface area contributed by atoms with Gasteiger partial charge in [-0.1, -0.05) is 124 Å². The zero-order valence-corrected chi connectivity index (χ0v) is 30.6. The molecule has 2 aliphatic heterocycles. The van der Waals surface area contributed by atoms with Crippen molar-refractivity contribution in [3.63, 3.8) is 0 Å². The predicted octanol–water partition coefficient (Wildman–Crippen LogP) is 10.4. The number of likely N-dealkylation sites (tertiary alicyclic amines) is 2. The molecule has 6 heteroatoms. The predicted molar refractivity (Wildman–Crippen MR) is 207 cm³/mol. The number of piperidine rings is 2. The fourth-order valence-corrected chi connectivity index (χ4v) is 9.41. The Morgan fingerprint density at radius 1 is 0.577 bits per heavy atom. The Bertz CT molecular complexity index is 1840. The van der Waals surface area contributed by atoms with Gasteiger partial charge in [-0.15, -0.1) is 0 Å². The molecule has 4 aliphatic rings. The number of carbonyl (C=O) groups is 2. The number of rotatable bonds is 10. The minimum atomic E-state index is -0.176. The van der Waals surface area contributed by atoms with Crippen molar-refractivity contribution in [2.24, 2.45) is 11.8 Å². The molecule has 2 heterocycles. The second kappa shape index (κ2) is 15.6. The van der Waals surface area contributed by atoms with Crippen LogP contribution in [0.5, 0.6) is 0 Å². The molecule has 4 aromatic carbocycles. The van der Waals surface area contributed by atoms with Crippen LogP contribution in [-0.4, -0.2) is 61.4 Å². The molecule has 2 saturated heterocycles. The molecular weight excluding hydrogens is 645 g/mol. The highest BCUT2D eigenvalue weighted by Crippen LogP contribution is 2.46. The standard InChI is InChI=1S/C46H52N2O4/c1-2-10-34-19-20-41-42(29-34)37-15-5-8-18-40(37)44(41)31-52-46(50)48-27-23-33(24-28-48)12-9-11-32-21-25-47(26-22-32)45(49)51-30-43-38-16-6-3-13-35(38)36-14-4-7-17-39(36)43/h3-8,13-20,29,32-33,43-44H,2,9-12,21-28,30-31H2,1H3. The summed E-state index contributed by atoms with van der Waals surface area (Å²) in [5.41, 5.74) is 11.5. The van der Waals surface area contributed by atoms with Crippen molar-refractivity contribution in [2.75, 3.05) is 39.4 Å². The van der Waals surface area contributed by atoms with Crippen molar-refractivity contribution in [2.45, 2.75) is 76.5 Å². The van der Waals surface area contributed by atoms with Gasteiger partial charge in [0, 0.05) is 38.0 Å². The zero-order chi connectivity index (χ0) is 35.4. The molecule has 2 amide bonds. The van der Waals surface area contributed by atoms with Gasteiger partial charge >= 0.3 is 12.2 Å². The topological polar surface area (TPSA) is 59.1 Å². The van der Waals surface area contributed by atoms with Gasteiger partial charge in [-0.05, 0) is 94.0 Å². The molecule has 2 aliphatic carbocycles. The first-order valence-electron chi connectivity index (χ1n) is 19.8. The number of amides is 2. The molecule has 1 unspecified atom stereocenters. The lowest BCUT2D eigenvalue weighted by atomic mass is 9.87. The summed E-state index contributed by atoms with van der Waals surface area (Å²) in [6, 6.07) is 32.4. The van der Waals surface area contributed by atoms with E-state index in [1.807, 2.05) is 9.80 Å². The number of hydrogen-bond acceptors (Lipinski definition) is 4. The Balaban J connectivity index is 0.735. The van der Waals surface area contributed by atoms with Gasteiger partial charge in [0.05, 0.1) is 0 Å². The molecule has 4 aromatic rings. The Morgan fingerprint density at radius 2 is 1.00 bits per heavy atom. The van der Waals surface area contributed by atoms with Crippen LogP contribution in [0.25, 0.3) is 22.3 Å². The van der Waals surface area contributed by atoms with Crippen LogP contribution in [-0.2, 0) is 15.9 Å². The molecule has 0 N–H and O–H groups in total. The maximum Gasteiger partial charge on any atom is 0.409 e. The molecule has 0 saturated carbocycles. The summed E-state index contributed by atoms with van der Waals surface area (Å²) in [6.07, 6.45) is 9.69. The molecule has 2 fully saturated rings. The van der Waals surface area contributed by atoms with Crippen molar-refractivity contribution in [1.29, 1.82) is 0 Å². The summed E-state index contributed by atoms with van der Waals surface area (Å²) in [5, 5.41) is 0. The molecule has 1 atom stereocenters. The Kier molecular flexibility index (Phi) is 10.3. The van der Waals surface area contributed by atoms with Gasteiger partial charge in [-0.3, -0.25) is 0 Å². The van der Waals surface area contributed by atoms with E-state index in [-0.39, 0.29) is 24.0 Å². The van der Waals surface area contributed by atoms with Crippen LogP contribution in [0.2, 0.25) is 0 Å². The lowest BCUT2D eigenvalue weighted by Crippen LogP contribution is -2.39. The lowest BCUT2D eigenvalue weighted by molar-refractivity contribution is 0.0824. The monoisotopic (exact) mass is 696 g/mol. The van der Waals surface area contributed by atoms with Gasteiger partial charge in [-0.2, -0.15) is 0 Å². The van der Waals surface area contributed by atoms with Gasteiger partial charge in [0.15, 0.2) is 0 Å². The van der Waals surface area contributed by atoms with Crippen LogP contribution >= 0.6 is 0 Å². The van der Waals surface area contributed by atoms with Crippen LogP contribution in [0.1, 0.15) is 97.9 Å². The molecule has 0 bridgehead atoms. The molecule has 8 rings (SSSR count). The van der Waals surface area contributed by atoms with Gasteiger partial charge in [0.2, 0.25) is 0 Å². The highest BCUT2D eigenvalue weighted by atomic mass is 16.6. The number of hydrogen-bond donors (Lipinski definition) is 0. The first-order chi connectivity index (χ1) is 25.6. The minimum Gasteiger partial charge on any atom is -0.448 e. The molecular formula is C46H52N2O4. The second-order valence-corrected chi connectivity index (χ2v) is 15.5. The van der Waals surface area contributed by atoms with Gasteiger partial charge in [0.1, 0.15) is 13.2 Å². The van der Waals surface area contributed by atoms with Gasteiger partial charge in [-0.25, -0.2) is 9.59 Å². The van der Waals surface area contributed by atoms with Gasteiger partial charge in [0.25, 0.3) is 0 Å². The first-order valence-corrected chi connectivity index (χ1v) is 19.8. The molecule has 0 aromatic heterocycles. The van der Waals surface area contributed by atoms with Crippen LogP contribution in [0.3, 0.4) is 0 Å². The highest BCUT2D eigenvalue weighted by Gasteiger charge is 2.33. The third kappa shape index (κ3) is 7.09. The summed E-state index contributed by atoms with van der Waals surface area (Å²) in [7, 11) is 0. The minimum absolute atomic E-state index is 0.0918. The maximum absolute atomic E-state index is 13.2. The average molecular weight is 697 g/mol. The van der Waals surface area contributed by atoms with Crippen molar-refractivity contribution >= 4 is 12.2 Å². The number of fused-ring (bicyclic) bond motifs is 6. The first kappa shape index (κ1) is 34.5. The third-order valence-corrected chi connectivity index (χ3v) is 12.3. The van der Waals surface area contributed by atoms with E-state index in [1.54, 1.807) is 0 Å². The number of nitrogens with zero attached hydrogens (tertiary/aromatic N) is 2. The maximum atomic E-state index is 13.2. The summed E-state index contributed by atoms with van der Waals surface area (Å²) in [5.74, 6) is 1.51. The number of ether oxygens (including phenoxy) is 2. The third-order valence-electron chi connectivity index (χ3n) is 12.3.